The van der Waals surface area contributed by atoms with E-state index in [0.717, 1.165) is 64.2 Å². The van der Waals surface area contributed by atoms with Crippen LogP contribution in [-0.2, 0) is 14.3 Å². The molecule has 0 aromatic rings. The van der Waals surface area contributed by atoms with Gasteiger partial charge in [-0.15, -0.1) is 0 Å². The average Bonchev–Trinajstić information content (AvgIpc) is 3.15. The van der Waals surface area contributed by atoms with Gasteiger partial charge in [0, 0.05) is 6.42 Å². The Bertz CT molecular complexity index is 843. The van der Waals surface area contributed by atoms with Gasteiger partial charge in [0.1, 0.15) is 6.10 Å². The molecule has 3 N–H and O–H groups in total. The van der Waals surface area contributed by atoms with Crippen LogP contribution in [0.2, 0.25) is 0 Å². The van der Waals surface area contributed by atoms with E-state index in [9.17, 15) is 19.8 Å². The molecule has 0 spiro atoms. The van der Waals surface area contributed by atoms with Crippen molar-refractivity contribution in [2.45, 2.75) is 257 Å². The van der Waals surface area contributed by atoms with E-state index in [0.29, 0.717) is 19.3 Å². The van der Waals surface area contributed by atoms with E-state index in [4.69, 9.17) is 4.74 Å². The highest BCUT2D eigenvalue weighted by Crippen LogP contribution is 2.18. The minimum atomic E-state index is -0.782. The maximum Gasteiger partial charge on any atom is 0.306 e. The quantitative estimate of drug-likeness (QED) is 0.0329. The second-order valence-corrected chi connectivity index (χ2v) is 15.8. The first-order chi connectivity index (χ1) is 26.0. The van der Waals surface area contributed by atoms with Crippen LogP contribution in [0.3, 0.4) is 0 Å². The predicted octanol–water partition coefficient (Wildman–Crippen LogP) is 13.2. The smallest absolute Gasteiger partial charge is 0.306 e. The largest absolute Gasteiger partial charge is 0.462 e. The van der Waals surface area contributed by atoms with Crippen LogP contribution in [0.5, 0.6) is 0 Å². The van der Waals surface area contributed by atoms with Gasteiger partial charge in [0.15, 0.2) is 0 Å². The number of aliphatic hydroxyl groups is 2. The van der Waals surface area contributed by atoms with Gasteiger partial charge in [-0.1, -0.05) is 199 Å². The summed E-state index contributed by atoms with van der Waals surface area (Å²) in [6, 6.07) is -0.695. The van der Waals surface area contributed by atoms with Crippen LogP contribution < -0.4 is 5.32 Å². The van der Waals surface area contributed by atoms with Gasteiger partial charge in [0.05, 0.1) is 25.2 Å². The number of carbonyl (C=O) groups is 2. The van der Waals surface area contributed by atoms with Gasteiger partial charge in [-0.2, -0.15) is 0 Å². The Kier molecular flexibility index (Phi) is 40.2. The molecule has 0 bridgehead atoms. The molecule has 0 saturated carbocycles. The molecule has 6 heteroatoms. The zero-order valence-electron chi connectivity index (χ0n) is 35.4. The van der Waals surface area contributed by atoms with Crippen LogP contribution >= 0.6 is 0 Å². The number of rotatable bonds is 41. The molecule has 0 saturated heterocycles. The minimum Gasteiger partial charge on any atom is -0.462 e. The van der Waals surface area contributed by atoms with Crippen LogP contribution in [0, 0.1) is 0 Å². The molecule has 0 aromatic carbocycles. The number of amides is 1. The zero-order chi connectivity index (χ0) is 38.9. The standard InChI is InChI=1S/C47H89NO5/c1-4-7-10-13-16-19-22-23-24-25-28-31-34-37-40-47(52)53-43(38-35-32-29-26-20-17-14-11-8-5-2)41-46(51)48-44(42-49)45(50)39-36-33-30-27-21-18-15-12-9-6-3/h7,10,16,19,43-45,49-50H,4-6,8-9,11-15,17-18,20-42H2,1-3H3,(H,48,51)/b10-7+,19-16+. The van der Waals surface area contributed by atoms with E-state index in [1.54, 1.807) is 0 Å². The first kappa shape index (κ1) is 51.3. The van der Waals surface area contributed by atoms with E-state index in [1.165, 1.54) is 128 Å². The third kappa shape index (κ3) is 37.1. The lowest BCUT2D eigenvalue weighted by Gasteiger charge is -2.24. The summed E-state index contributed by atoms with van der Waals surface area (Å²) >= 11 is 0. The zero-order valence-corrected chi connectivity index (χ0v) is 35.4. The highest BCUT2D eigenvalue weighted by Gasteiger charge is 2.24. The number of nitrogens with one attached hydrogen (secondary N) is 1. The monoisotopic (exact) mass is 748 g/mol. The fourth-order valence-electron chi connectivity index (χ4n) is 7.06. The highest BCUT2D eigenvalue weighted by molar-refractivity contribution is 5.77. The molecule has 3 unspecified atom stereocenters. The lowest BCUT2D eigenvalue weighted by molar-refractivity contribution is -0.151. The number of esters is 1. The van der Waals surface area contributed by atoms with Crippen molar-refractivity contribution in [3.05, 3.63) is 24.3 Å². The normalized spacial score (nSPS) is 13.5. The van der Waals surface area contributed by atoms with Crippen molar-refractivity contribution < 1.29 is 24.5 Å². The van der Waals surface area contributed by atoms with Gasteiger partial charge in [0.2, 0.25) is 5.91 Å². The fraction of sp³-hybridized carbons (Fsp3) is 0.872. The summed E-state index contributed by atoms with van der Waals surface area (Å²) in [7, 11) is 0. The Morgan fingerprint density at radius 3 is 1.53 bits per heavy atom. The Morgan fingerprint density at radius 1 is 0.566 bits per heavy atom. The van der Waals surface area contributed by atoms with Crippen LogP contribution in [0.1, 0.15) is 239 Å². The van der Waals surface area contributed by atoms with Crippen molar-refractivity contribution in [1.82, 2.24) is 5.32 Å². The summed E-state index contributed by atoms with van der Waals surface area (Å²) in [5, 5.41) is 23.6. The van der Waals surface area contributed by atoms with Crippen molar-refractivity contribution in [2.24, 2.45) is 0 Å². The number of aliphatic hydroxyl groups excluding tert-OH is 2. The van der Waals surface area contributed by atoms with E-state index in [-0.39, 0.29) is 24.9 Å². The van der Waals surface area contributed by atoms with Crippen molar-refractivity contribution in [1.29, 1.82) is 0 Å². The summed E-state index contributed by atoms with van der Waals surface area (Å²) in [6.07, 6.45) is 45.2. The van der Waals surface area contributed by atoms with Crippen molar-refractivity contribution in [2.75, 3.05) is 6.61 Å². The van der Waals surface area contributed by atoms with Gasteiger partial charge in [-0.3, -0.25) is 9.59 Å². The lowest BCUT2D eigenvalue weighted by atomic mass is 10.0. The number of allylic oxidation sites excluding steroid dienone is 4. The number of hydrogen-bond donors (Lipinski definition) is 3. The second-order valence-electron chi connectivity index (χ2n) is 15.8. The van der Waals surface area contributed by atoms with E-state index >= 15 is 0 Å². The van der Waals surface area contributed by atoms with Crippen LogP contribution in [0.25, 0.3) is 0 Å². The Labute approximate surface area is 329 Å². The maximum absolute atomic E-state index is 13.1. The molecule has 0 rings (SSSR count). The fourth-order valence-corrected chi connectivity index (χ4v) is 7.06. The van der Waals surface area contributed by atoms with Crippen LogP contribution in [0.4, 0.5) is 0 Å². The first-order valence-corrected chi connectivity index (χ1v) is 23.1. The van der Waals surface area contributed by atoms with Crippen molar-refractivity contribution in [3.8, 4) is 0 Å². The number of carbonyl (C=O) groups excluding carboxylic acids is 2. The Morgan fingerprint density at radius 2 is 1.02 bits per heavy atom. The third-order valence-electron chi connectivity index (χ3n) is 10.5. The van der Waals surface area contributed by atoms with Gasteiger partial charge in [0.25, 0.3) is 0 Å². The van der Waals surface area contributed by atoms with E-state index in [2.05, 4.69) is 50.4 Å². The lowest BCUT2D eigenvalue weighted by Crippen LogP contribution is -2.46. The topological polar surface area (TPSA) is 95.9 Å². The molecular formula is C47H89NO5. The van der Waals surface area contributed by atoms with Gasteiger partial charge in [-0.05, 0) is 51.4 Å². The molecule has 0 aliphatic carbocycles. The molecule has 6 nitrogen and oxygen atoms in total. The summed E-state index contributed by atoms with van der Waals surface area (Å²) in [5.41, 5.74) is 0. The van der Waals surface area contributed by atoms with Gasteiger partial charge >= 0.3 is 5.97 Å². The van der Waals surface area contributed by atoms with Crippen LogP contribution in [-0.4, -0.2) is 46.9 Å². The Hall–Kier alpha value is -1.66. The second kappa shape index (κ2) is 41.5. The van der Waals surface area contributed by atoms with Crippen molar-refractivity contribution >= 4 is 11.9 Å². The molecule has 0 aliphatic heterocycles. The molecule has 0 heterocycles. The average molecular weight is 748 g/mol. The summed E-state index contributed by atoms with van der Waals surface area (Å²) in [4.78, 5) is 25.9. The van der Waals surface area contributed by atoms with Gasteiger partial charge in [-0.25, -0.2) is 0 Å². The molecule has 0 fully saturated rings. The molecular weight excluding hydrogens is 659 g/mol. The predicted molar refractivity (Wildman–Crippen MR) is 227 cm³/mol. The maximum atomic E-state index is 13.1. The van der Waals surface area contributed by atoms with Crippen molar-refractivity contribution in [3.63, 3.8) is 0 Å². The van der Waals surface area contributed by atoms with E-state index in [1.807, 2.05) is 0 Å². The summed E-state index contributed by atoms with van der Waals surface area (Å²) in [5.74, 6) is -0.477. The number of ether oxygens (including phenoxy) is 1. The highest BCUT2D eigenvalue weighted by atomic mass is 16.5. The minimum absolute atomic E-state index is 0.0786. The number of unbranched alkanes of at least 4 members (excludes halogenated alkanes) is 25. The molecule has 0 radical (unpaired) electrons. The Balaban J connectivity index is 4.54. The molecule has 3 atom stereocenters. The SMILES string of the molecule is CC/C=C/C/C=C/CCCCCCCCCC(=O)OC(CCCCCCCCCCCC)CC(=O)NC(CO)C(O)CCCCCCCCCCCC. The molecule has 312 valence electrons. The third-order valence-corrected chi connectivity index (χ3v) is 10.5. The molecule has 53 heavy (non-hydrogen) atoms. The number of hydrogen-bond acceptors (Lipinski definition) is 5. The first-order valence-electron chi connectivity index (χ1n) is 23.1. The summed E-state index contributed by atoms with van der Waals surface area (Å²) < 4.78 is 5.90. The van der Waals surface area contributed by atoms with Crippen LogP contribution in [0.15, 0.2) is 24.3 Å². The molecule has 1 amide bonds. The van der Waals surface area contributed by atoms with Gasteiger partial charge < -0.3 is 20.3 Å². The van der Waals surface area contributed by atoms with E-state index < -0.39 is 18.2 Å². The summed E-state index contributed by atoms with van der Waals surface area (Å²) in [6.45, 7) is 6.35. The molecule has 0 aromatic heterocycles. The molecule has 0 aliphatic rings.